The van der Waals surface area contributed by atoms with Gasteiger partial charge in [0.15, 0.2) is 11.5 Å². The molecule has 7 heteroatoms. The summed E-state index contributed by atoms with van der Waals surface area (Å²) >= 11 is 0. The molecule has 2 aliphatic rings. The van der Waals surface area contributed by atoms with Crippen LogP contribution in [0.3, 0.4) is 0 Å². The van der Waals surface area contributed by atoms with E-state index in [0.717, 1.165) is 5.56 Å². The molecular formula is C18H16N2O5. The van der Waals surface area contributed by atoms with E-state index in [-0.39, 0.29) is 18.4 Å². The highest BCUT2D eigenvalue weighted by Crippen LogP contribution is 2.32. The summed E-state index contributed by atoms with van der Waals surface area (Å²) in [6, 6.07) is 12.4. The van der Waals surface area contributed by atoms with Gasteiger partial charge in [0.25, 0.3) is 5.91 Å². The van der Waals surface area contributed by atoms with E-state index in [4.69, 9.17) is 14.3 Å². The second-order valence-electron chi connectivity index (χ2n) is 5.76. The van der Waals surface area contributed by atoms with Crippen LogP contribution in [-0.4, -0.2) is 29.6 Å². The number of phenolic OH excluding ortho intramolecular Hbond substituents is 1. The summed E-state index contributed by atoms with van der Waals surface area (Å²) in [5, 5.41) is 16.6. The number of nitrogens with zero attached hydrogens (tertiary/aromatic N) is 1. The second-order valence-corrected chi connectivity index (χ2v) is 5.76. The summed E-state index contributed by atoms with van der Waals surface area (Å²) in [5.41, 5.74) is 2.03. The Hall–Kier alpha value is -3.22. The zero-order chi connectivity index (χ0) is 17.2. The molecule has 0 bridgehead atoms. The largest absolute Gasteiger partial charge is 0.507 e. The minimum Gasteiger partial charge on any atom is -0.507 e. The number of carbonyl (C=O) groups is 1. The molecule has 4 rings (SSSR count). The van der Waals surface area contributed by atoms with Crippen LogP contribution >= 0.6 is 0 Å². The van der Waals surface area contributed by atoms with Crippen molar-refractivity contribution in [2.75, 3.05) is 6.79 Å². The van der Waals surface area contributed by atoms with Gasteiger partial charge in [0.1, 0.15) is 5.75 Å². The molecule has 2 heterocycles. The SMILES string of the molecule is O=C(NCc1ccc2c(c1)OCO2)[C@@H]1CC(c2ccccc2O)=NO1. The third-order valence-electron chi connectivity index (χ3n) is 4.08. The van der Waals surface area contributed by atoms with Crippen LogP contribution in [0.25, 0.3) is 0 Å². The number of rotatable bonds is 4. The van der Waals surface area contributed by atoms with E-state index in [1.807, 2.05) is 18.2 Å². The molecule has 2 aromatic rings. The third kappa shape index (κ3) is 3.08. The summed E-state index contributed by atoms with van der Waals surface area (Å²) in [7, 11) is 0. The number of nitrogens with one attached hydrogen (secondary N) is 1. The molecule has 0 unspecified atom stereocenters. The summed E-state index contributed by atoms with van der Waals surface area (Å²) in [6.45, 7) is 0.564. The lowest BCUT2D eigenvalue weighted by Crippen LogP contribution is -2.34. The van der Waals surface area contributed by atoms with Crippen LogP contribution in [0.1, 0.15) is 17.5 Å². The number of ether oxygens (including phenoxy) is 2. The molecule has 128 valence electrons. The number of aromatic hydroxyl groups is 1. The van der Waals surface area contributed by atoms with Crippen LogP contribution in [0.2, 0.25) is 0 Å². The van der Waals surface area contributed by atoms with Gasteiger partial charge in [0.2, 0.25) is 12.9 Å². The minimum atomic E-state index is -0.705. The van der Waals surface area contributed by atoms with Gasteiger partial charge in [0, 0.05) is 18.5 Å². The van der Waals surface area contributed by atoms with Gasteiger partial charge in [-0.3, -0.25) is 4.79 Å². The second kappa shape index (κ2) is 6.35. The van der Waals surface area contributed by atoms with Crippen molar-refractivity contribution in [2.45, 2.75) is 19.1 Å². The van der Waals surface area contributed by atoms with Crippen molar-refractivity contribution >= 4 is 11.6 Å². The number of fused-ring (bicyclic) bond motifs is 1. The van der Waals surface area contributed by atoms with Gasteiger partial charge < -0.3 is 24.7 Å². The maximum absolute atomic E-state index is 12.3. The van der Waals surface area contributed by atoms with Gasteiger partial charge in [-0.15, -0.1) is 0 Å². The van der Waals surface area contributed by atoms with E-state index in [1.54, 1.807) is 24.3 Å². The lowest BCUT2D eigenvalue weighted by atomic mass is 10.0. The Kier molecular flexibility index (Phi) is 3.89. The van der Waals surface area contributed by atoms with Gasteiger partial charge in [-0.1, -0.05) is 23.4 Å². The van der Waals surface area contributed by atoms with E-state index in [1.165, 1.54) is 0 Å². The fourth-order valence-electron chi connectivity index (χ4n) is 2.75. The van der Waals surface area contributed by atoms with Crippen molar-refractivity contribution in [3.05, 3.63) is 53.6 Å². The van der Waals surface area contributed by atoms with Crippen LogP contribution in [0, 0.1) is 0 Å². The molecule has 2 aliphatic heterocycles. The van der Waals surface area contributed by atoms with Gasteiger partial charge >= 0.3 is 0 Å². The molecule has 0 aromatic heterocycles. The van der Waals surface area contributed by atoms with E-state index in [9.17, 15) is 9.90 Å². The third-order valence-corrected chi connectivity index (χ3v) is 4.08. The average Bonchev–Trinajstić information content (AvgIpc) is 3.29. The van der Waals surface area contributed by atoms with Crippen molar-refractivity contribution in [3.63, 3.8) is 0 Å². The Morgan fingerprint density at radius 3 is 2.92 bits per heavy atom. The highest BCUT2D eigenvalue weighted by Gasteiger charge is 2.29. The van der Waals surface area contributed by atoms with E-state index >= 15 is 0 Å². The molecule has 1 amide bonds. The van der Waals surface area contributed by atoms with Crippen molar-refractivity contribution in [1.29, 1.82) is 0 Å². The highest BCUT2D eigenvalue weighted by atomic mass is 16.7. The van der Waals surface area contributed by atoms with Gasteiger partial charge in [-0.2, -0.15) is 0 Å². The number of carbonyl (C=O) groups excluding carboxylic acids is 1. The Morgan fingerprint density at radius 2 is 2.04 bits per heavy atom. The molecular weight excluding hydrogens is 324 g/mol. The summed E-state index contributed by atoms with van der Waals surface area (Å²) < 4.78 is 10.6. The summed E-state index contributed by atoms with van der Waals surface area (Å²) in [5.74, 6) is 1.24. The van der Waals surface area contributed by atoms with Crippen molar-refractivity contribution in [1.82, 2.24) is 5.32 Å². The van der Waals surface area contributed by atoms with Crippen LogP contribution < -0.4 is 14.8 Å². The fourth-order valence-corrected chi connectivity index (χ4v) is 2.75. The Morgan fingerprint density at radius 1 is 1.20 bits per heavy atom. The van der Waals surface area contributed by atoms with Gasteiger partial charge in [-0.25, -0.2) is 0 Å². The lowest BCUT2D eigenvalue weighted by Gasteiger charge is -2.10. The smallest absolute Gasteiger partial charge is 0.264 e. The van der Waals surface area contributed by atoms with Crippen molar-refractivity contribution < 1.29 is 24.2 Å². The number of benzene rings is 2. The van der Waals surface area contributed by atoms with E-state index in [0.29, 0.717) is 35.7 Å². The Balaban J connectivity index is 1.35. The molecule has 25 heavy (non-hydrogen) atoms. The Bertz CT molecular complexity index is 849. The van der Waals surface area contributed by atoms with Crippen molar-refractivity contribution in [2.24, 2.45) is 5.16 Å². The first-order chi connectivity index (χ1) is 12.2. The maximum atomic E-state index is 12.3. The normalized spacial score (nSPS) is 17.8. The lowest BCUT2D eigenvalue weighted by molar-refractivity contribution is -0.131. The summed E-state index contributed by atoms with van der Waals surface area (Å²) in [4.78, 5) is 17.5. The van der Waals surface area contributed by atoms with E-state index < -0.39 is 6.10 Å². The average molecular weight is 340 g/mol. The van der Waals surface area contributed by atoms with Crippen LogP contribution in [0.4, 0.5) is 0 Å². The summed E-state index contributed by atoms with van der Waals surface area (Å²) in [6.07, 6.45) is -0.395. The number of phenols is 1. The monoisotopic (exact) mass is 340 g/mol. The first-order valence-electron chi connectivity index (χ1n) is 7.88. The molecule has 1 atom stereocenters. The standard InChI is InChI=1S/C18H16N2O5/c21-14-4-2-1-3-12(14)13-8-17(25-20-13)18(22)19-9-11-5-6-15-16(7-11)24-10-23-15/h1-7,17,21H,8-10H2,(H,19,22)/t17-/m0/s1. The quantitative estimate of drug-likeness (QED) is 0.888. The molecule has 0 spiro atoms. The predicted octanol–water partition coefficient (Wildman–Crippen LogP) is 1.93. The molecule has 0 fully saturated rings. The highest BCUT2D eigenvalue weighted by molar-refractivity contribution is 6.05. The maximum Gasteiger partial charge on any atom is 0.264 e. The Labute approximate surface area is 143 Å². The molecule has 7 nitrogen and oxygen atoms in total. The van der Waals surface area contributed by atoms with Crippen LogP contribution in [-0.2, 0) is 16.2 Å². The van der Waals surface area contributed by atoms with Gasteiger partial charge in [-0.05, 0) is 29.8 Å². The number of hydrogen-bond acceptors (Lipinski definition) is 6. The molecule has 2 aromatic carbocycles. The van der Waals surface area contributed by atoms with Crippen molar-refractivity contribution in [3.8, 4) is 17.2 Å². The topological polar surface area (TPSA) is 89.4 Å². The first-order valence-corrected chi connectivity index (χ1v) is 7.88. The van der Waals surface area contributed by atoms with Gasteiger partial charge in [0.05, 0.1) is 5.71 Å². The van der Waals surface area contributed by atoms with E-state index in [2.05, 4.69) is 10.5 Å². The zero-order valence-corrected chi connectivity index (χ0v) is 13.3. The molecule has 0 saturated heterocycles. The number of oxime groups is 1. The van der Waals surface area contributed by atoms with Crippen LogP contribution in [0.15, 0.2) is 47.6 Å². The predicted molar refractivity (Wildman–Crippen MR) is 88.5 cm³/mol. The minimum absolute atomic E-state index is 0.117. The molecule has 0 aliphatic carbocycles. The number of amides is 1. The molecule has 2 N–H and O–H groups in total. The first kappa shape index (κ1) is 15.3. The number of para-hydroxylation sites is 1. The zero-order valence-electron chi connectivity index (χ0n) is 13.3. The fraction of sp³-hybridized carbons (Fsp3) is 0.222. The molecule has 0 radical (unpaired) electrons. The van der Waals surface area contributed by atoms with Crippen LogP contribution in [0.5, 0.6) is 17.2 Å². The molecule has 0 saturated carbocycles. The number of hydrogen-bond donors (Lipinski definition) is 2.